The number of hydrogen-bond donors (Lipinski definition) is 1. The first-order valence-corrected chi connectivity index (χ1v) is 8.94. The van der Waals surface area contributed by atoms with Crippen LogP contribution in [-0.2, 0) is 17.6 Å². The first kappa shape index (κ1) is 18.6. The van der Waals surface area contributed by atoms with Gasteiger partial charge in [0.25, 0.3) is 5.91 Å². The summed E-state index contributed by atoms with van der Waals surface area (Å²) in [7, 11) is 0. The molecule has 1 amide bonds. The monoisotopic (exact) mass is 363 g/mol. The van der Waals surface area contributed by atoms with Gasteiger partial charge in [-0.25, -0.2) is 4.39 Å². The Morgan fingerprint density at radius 1 is 0.815 bits per heavy atom. The average Bonchev–Trinajstić information content (AvgIpc) is 2.70. The predicted octanol–water partition coefficient (Wildman–Crippen LogP) is 4.17. The largest absolute Gasteiger partial charge is 0.484 e. The van der Waals surface area contributed by atoms with E-state index in [1.807, 2.05) is 60.7 Å². The highest BCUT2D eigenvalue weighted by Gasteiger charge is 2.15. The molecule has 3 nitrogen and oxygen atoms in total. The molecule has 3 aromatic rings. The molecule has 27 heavy (non-hydrogen) atoms. The summed E-state index contributed by atoms with van der Waals surface area (Å²) in [5, 5.41) is 3.04. The molecule has 3 aromatic carbocycles. The number of nitrogens with one attached hydrogen (secondary N) is 1. The molecule has 1 N–H and O–H groups in total. The van der Waals surface area contributed by atoms with Crippen LogP contribution in [0, 0.1) is 5.82 Å². The quantitative estimate of drug-likeness (QED) is 0.652. The number of benzene rings is 3. The molecule has 0 fully saturated rings. The zero-order chi connectivity index (χ0) is 18.9. The number of carbonyl (C=O) groups is 1. The smallest absolute Gasteiger partial charge is 0.258 e. The summed E-state index contributed by atoms with van der Waals surface area (Å²) in [4.78, 5) is 12.4. The lowest BCUT2D eigenvalue weighted by molar-refractivity contribution is -0.123. The van der Waals surface area contributed by atoms with E-state index in [0.717, 1.165) is 11.1 Å². The van der Waals surface area contributed by atoms with E-state index < -0.39 is 0 Å². The third-order valence-corrected chi connectivity index (χ3v) is 4.20. The molecule has 0 unspecified atom stereocenters. The minimum atomic E-state index is -0.265. The molecule has 0 saturated carbocycles. The van der Waals surface area contributed by atoms with E-state index in [0.29, 0.717) is 18.6 Å². The van der Waals surface area contributed by atoms with Crippen LogP contribution >= 0.6 is 0 Å². The van der Waals surface area contributed by atoms with Gasteiger partial charge in [0.15, 0.2) is 6.61 Å². The number of ether oxygens (including phenoxy) is 1. The van der Waals surface area contributed by atoms with Crippen molar-refractivity contribution < 1.29 is 13.9 Å². The zero-order valence-electron chi connectivity index (χ0n) is 15.0. The van der Waals surface area contributed by atoms with E-state index in [1.165, 1.54) is 12.1 Å². The molecule has 138 valence electrons. The average molecular weight is 363 g/mol. The van der Waals surface area contributed by atoms with Crippen molar-refractivity contribution >= 4 is 5.91 Å². The van der Waals surface area contributed by atoms with E-state index in [4.69, 9.17) is 4.74 Å². The number of para-hydroxylation sites is 1. The standard InChI is InChI=1S/C23H22FNO2/c24-20-13-11-19(12-14-20)16-21(15-18-7-3-1-4-8-18)25-23(26)17-27-22-9-5-2-6-10-22/h1-14,21H,15-17H2,(H,25,26)/t21-/m1/s1. The Hall–Kier alpha value is -3.14. The van der Waals surface area contributed by atoms with Crippen LogP contribution in [0.3, 0.4) is 0 Å². The molecule has 4 heteroatoms. The molecule has 0 spiro atoms. The van der Waals surface area contributed by atoms with E-state index in [2.05, 4.69) is 5.32 Å². The molecule has 1 atom stereocenters. The number of hydrogen-bond acceptors (Lipinski definition) is 2. The SMILES string of the molecule is O=C(COc1ccccc1)N[C@H](Cc1ccccc1)Cc1ccc(F)cc1. The van der Waals surface area contributed by atoms with E-state index in [9.17, 15) is 9.18 Å². The normalized spacial score (nSPS) is 11.6. The van der Waals surface area contributed by atoms with Crippen molar-refractivity contribution in [2.45, 2.75) is 18.9 Å². The fraction of sp³-hybridized carbons (Fsp3) is 0.174. The molecule has 0 aliphatic carbocycles. The molecule has 0 bridgehead atoms. The maximum absolute atomic E-state index is 13.2. The minimum Gasteiger partial charge on any atom is -0.484 e. The fourth-order valence-corrected chi connectivity index (χ4v) is 2.91. The van der Waals surface area contributed by atoms with Crippen molar-refractivity contribution in [2.75, 3.05) is 6.61 Å². The van der Waals surface area contributed by atoms with Crippen LogP contribution in [0.1, 0.15) is 11.1 Å². The molecule has 3 rings (SSSR count). The molecular formula is C23H22FNO2. The van der Waals surface area contributed by atoms with E-state index in [-0.39, 0.29) is 24.4 Å². The van der Waals surface area contributed by atoms with Gasteiger partial charge in [0.05, 0.1) is 0 Å². The highest BCUT2D eigenvalue weighted by Crippen LogP contribution is 2.11. The summed E-state index contributed by atoms with van der Waals surface area (Å²) in [6.45, 7) is -0.0429. The summed E-state index contributed by atoms with van der Waals surface area (Å²) >= 11 is 0. The Bertz CT molecular complexity index is 835. The van der Waals surface area contributed by atoms with Crippen molar-refractivity contribution in [3.05, 3.63) is 102 Å². The number of halogens is 1. The molecule has 0 saturated heterocycles. The summed E-state index contributed by atoms with van der Waals surface area (Å²) in [6.07, 6.45) is 1.31. The van der Waals surface area contributed by atoms with Crippen molar-refractivity contribution in [3.8, 4) is 5.75 Å². The lowest BCUT2D eigenvalue weighted by Crippen LogP contribution is -2.40. The van der Waals surface area contributed by atoms with Gasteiger partial charge in [-0.2, -0.15) is 0 Å². The van der Waals surface area contributed by atoms with Gasteiger partial charge in [0, 0.05) is 6.04 Å². The van der Waals surface area contributed by atoms with Crippen LogP contribution in [0.25, 0.3) is 0 Å². The van der Waals surface area contributed by atoms with Gasteiger partial charge in [-0.3, -0.25) is 4.79 Å². The Kier molecular flexibility index (Phi) is 6.58. The number of rotatable bonds is 8. The summed E-state index contributed by atoms with van der Waals surface area (Å²) in [6, 6.07) is 25.5. The Balaban J connectivity index is 1.63. The van der Waals surface area contributed by atoms with Crippen LogP contribution in [0.5, 0.6) is 5.75 Å². The molecule has 0 radical (unpaired) electrons. The van der Waals surface area contributed by atoms with Gasteiger partial charge in [0.1, 0.15) is 11.6 Å². The van der Waals surface area contributed by atoms with Crippen molar-refractivity contribution in [2.24, 2.45) is 0 Å². The van der Waals surface area contributed by atoms with Gasteiger partial charge < -0.3 is 10.1 Å². The van der Waals surface area contributed by atoms with Gasteiger partial charge in [-0.15, -0.1) is 0 Å². The van der Waals surface area contributed by atoms with Crippen LogP contribution in [-0.4, -0.2) is 18.6 Å². The van der Waals surface area contributed by atoms with Crippen LogP contribution in [0.2, 0.25) is 0 Å². The maximum atomic E-state index is 13.2. The van der Waals surface area contributed by atoms with Crippen LogP contribution in [0.4, 0.5) is 4.39 Å². The minimum absolute atomic E-state index is 0.0429. The van der Waals surface area contributed by atoms with Gasteiger partial charge >= 0.3 is 0 Å². The first-order chi connectivity index (χ1) is 13.2. The molecule has 0 heterocycles. The van der Waals surface area contributed by atoms with Crippen molar-refractivity contribution in [3.63, 3.8) is 0 Å². The molecule has 0 aromatic heterocycles. The van der Waals surface area contributed by atoms with Crippen LogP contribution in [0.15, 0.2) is 84.9 Å². The maximum Gasteiger partial charge on any atom is 0.258 e. The highest BCUT2D eigenvalue weighted by molar-refractivity contribution is 5.77. The lowest BCUT2D eigenvalue weighted by atomic mass is 9.99. The zero-order valence-corrected chi connectivity index (χ0v) is 15.0. The number of amides is 1. The van der Waals surface area contributed by atoms with Crippen LogP contribution < -0.4 is 10.1 Å². The lowest BCUT2D eigenvalue weighted by Gasteiger charge is -2.19. The molecule has 0 aliphatic heterocycles. The second kappa shape index (κ2) is 9.53. The third-order valence-electron chi connectivity index (χ3n) is 4.20. The first-order valence-electron chi connectivity index (χ1n) is 8.94. The van der Waals surface area contributed by atoms with Gasteiger partial charge in [0.2, 0.25) is 0 Å². The van der Waals surface area contributed by atoms with E-state index >= 15 is 0 Å². The summed E-state index contributed by atoms with van der Waals surface area (Å²) in [5.41, 5.74) is 2.11. The second-order valence-corrected chi connectivity index (χ2v) is 6.39. The van der Waals surface area contributed by atoms with Gasteiger partial charge in [-0.1, -0.05) is 60.7 Å². The third kappa shape index (κ3) is 6.26. The van der Waals surface area contributed by atoms with Crippen molar-refractivity contribution in [1.29, 1.82) is 0 Å². The Labute approximate surface area is 158 Å². The van der Waals surface area contributed by atoms with E-state index in [1.54, 1.807) is 12.1 Å². The number of carbonyl (C=O) groups excluding carboxylic acids is 1. The second-order valence-electron chi connectivity index (χ2n) is 6.39. The predicted molar refractivity (Wildman–Crippen MR) is 104 cm³/mol. The molecule has 0 aliphatic rings. The molecular weight excluding hydrogens is 341 g/mol. The van der Waals surface area contributed by atoms with Gasteiger partial charge in [-0.05, 0) is 48.2 Å². The fourth-order valence-electron chi connectivity index (χ4n) is 2.91. The summed E-state index contributed by atoms with van der Waals surface area (Å²) in [5.74, 6) is 0.214. The Morgan fingerprint density at radius 2 is 1.37 bits per heavy atom. The Morgan fingerprint density at radius 3 is 2.00 bits per heavy atom. The highest BCUT2D eigenvalue weighted by atomic mass is 19.1. The summed E-state index contributed by atoms with van der Waals surface area (Å²) < 4.78 is 18.7. The topological polar surface area (TPSA) is 38.3 Å². The van der Waals surface area contributed by atoms with Crippen molar-refractivity contribution in [1.82, 2.24) is 5.32 Å².